The van der Waals surface area contributed by atoms with Crippen LogP contribution in [-0.4, -0.2) is 37.8 Å². The number of hydrogen-bond donors (Lipinski definition) is 2. The molecule has 4 N–H and O–H groups in total. The van der Waals surface area contributed by atoms with E-state index >= 15 is 0 Å². The summed E-state index contributed by atoms with van der Waals surface area (Å²) in [5, 5.41) is 0. The minimum Gasteiger partial charge on any atom is -0.366 e. The first-order chi connectivity index (χ1) is 8.91. The van der Waals surface area contributed by atoms with Crippen LogP contribution in [0.3, 0.4) is 0 Å². The van der Waals surface area contributed by atoms with E-state index in [1.807, 2.05) is 0 Å². The van der Waals surface area contributed by atoms with Crippen LogP contribution in [0.25, 0.3) is 0 Å². The van der Waals surface area contributed by atoms with Crippen LogP contribution in [0.4, 0.5) is 0 Å². The van der Waals surface area contributed by atoms with Crippen molar-refractivity contribution >= 4 is 28.3 Å². The van der Waals surface area contributed by atoms with Gasteiger partial charge in [0, 0.05) is 24.7 Å². The molecule has 1 aliphatic heterocycles. The monoisotopic (exact) mass is 319 g/mol. The van der Waals surface area contributed by atoms with E-state index < -0.39 is 15.9 Å². The van der Waals surface area contributed by atoms with Gasteiger partial charge in [0.15, 0.2) is 0 Å². The van der Waals surface area contributed by atoms with E-state index in [1.54, 1.807) is 0 Å². The van der Waals surface area contributed by atoms with E-state index in [2.05, 4.69) is 0 Å². The van der Waals surface area contributed by atoms with Gasteiger partial charge in [0.2, 0.25) is 15.9 Å². The van der Waals surface area contributed by atoms with Gasteiger partial charge in [-0.2, -0.15) is 4.31 Å². The quantitative estimate of drug-likeness (QED) is 0.836. The number of piperidine rings is 1. The first-order valence-electron chi connectivity index (χ1n) is 6.07. The predicted octanol–water partition coefficient (Wildman–Crippen LogP) is 0.319. The van der Waals surface area contributed by atoms with Crippen LogP contribution in [0.5, 0.6) is 0 Å². The third-order valence-electron chi connectivity index (χ3n) is 3.28. The van der Waals surface area contributed by atoms with Crippen LogP contribution in [0.15, 0.2) is 29.2 Å². The summed E-state index contributed by atoms with van der Waals surface area (Å²) in [6, 6.07) is 5.73. The molecular formula is C12H18ClN3O3S. The number of rotatable bonds is 3. The van der Waals surface area contributed by atoms with Crippen LogP contribution in [0, 0.1) is 0 Å². The highest BCUT2D eigenvalue weighted by molar-refractivity contribution is 7.89. The van der Waals surface area contributed by atoms with E-state index in [-0.39, 0.29) is 23.3 Å². The maximum absolute atomic E-state index is 12.3. The second-order valence-corrected chi connectivity index (χ2v) is 6.57. The summed E-state index contributed by atoms with van der Waals surface area (Å²) in [5.41, 5.74) is 11.2. The lowest BCUT2D eigenvalue weighted by atomic mass is 10.1. The molecule has 0 spiro atoms. The highest BCUT2D eigenvalue weighted by atomic mass is 35.5. The third-order valence-corrected chi connectivity index (χ3v) is 5.19. The zero-order valence-corrected chi connectivity index (χ0v) is 12.5. The van der Waals surface area contributed by atoms with Crippen molar-refractivity contribution in [3.63, 3.8) is 0 Å². The number of benzene rings is 1. The molecular weight excluding hydrogens is 302 g/mol. The predicted molar refractivity (Wildman–Crippen MR) is 78.2 cm³/mol. The second kappa shape index (κ2) is 6.53. The van der Waals surface area contributed by atoms with Gasteiger partial charge in [-0.1, -0.05) is 0 Å². The summed E-state index contributed by atoms with van der Waals surface area (Å²) in [4.78, 5) is 11.1. The van der Waals surface area contributed by atoms with Gasteiger partial charge in [-0.3, -0.25) is 4.79 Å². The van der Waals surface area contributed by atoms with E-state index in [1.165, 1.54) is 28.6 Å². The van der Waals surface area contributed by atoms with Crippen molar-refractivity contribution in [2.24, 2.45) is 11.5 Å². The molecule has 1 fully saturated rings. The average molecular weight is 320 g/mol. The Hall–Kier alpha value is -1.15. The Kier molecular flexibility index (Phi) is 5.52. The molecule has 1 aromatic rings. The molecule has 1 aromatic carbocycles. The van der Waals surface area contributed by atoms with Gasteiger partial charge < -0.3 is 11.5 Å². The maximum atomic E-state index is 12.3. The molecule has 1 amide bonds. The number of nitrogens with two attached hydrogens (primary N) is 2. The fourth-order valence-electron chi connectivity index (χ4n) is 2.06. The number of sulfonamides is 1. The molecule has 2 rings (SSSR count). The number of primary amides is 1. The molecule has 20 heavy (non-hydrogen) atoms. The van der Waals surface area contributed by atoms with Crippen molar-refractivity contribution in [2.45, 2.75) is 23.8 Å². The van der Waals surface area contributed by atoms with Crippen LogP contribution < -0.4 is 11.5 Å². The Labute approximate surface area is 124 Å². The zero-order valence-electron chi connectivity index (χ0n) is 10.9. The zero-order chi connectivity index (χ0) is 14.0. The van der Waals surface area contributed by atoms with Gasteiger partial charge in [-0.05, 0) is 37.1 Å². The summed E-state index contributed by atoms with van der Waals surface area (Å²) >= 11 is 0. The van der Waals surface area contributed by atoms with E-state index in [9.17, 15) is 13.2 Å². The molecule has 1 heterocycles. The largest absolute Gasteiger partial charge is 0.366 e. The Morgan fingerprint density at radius 2 is 1.65 bits per heavy atom. The molecule has 0 bridgehead atoms. The number of halogens is 1. The Morgan fingerprint density at radius 3 is 2.10 bits per heavy atom. The fourth-order valence-corrected chi connectivity index (χ4v) is 3.53. The average Bonchev–Trinajstić information content (AvgIpc) is 2.39. The van der Waals surface area contributed by atoms with Gasteiger partial charge in [-0.25, -0.2) is 8.42 Å². The Morgan fingerprint density at radius 1 is 1.15 bits per heavy atom. The van der Waals surface area contributed by atoms with E-state index in [0.717, 1.165) is 0 Å². The number of carbonyl (C=O) groups excluding carboxylic acids is 1. The maximum Gasteiger partial charge on any atom is 0.248 e. The summed E-state index contributed by atoms with van der Waals surface area (Å²) in [5.74, 6) is -0.576. The van der Waals surface area contributed by atoms with Crippen molar-refractivity contribution in [3.05, 3.63) is 29.8 Å². The Bertz CT molecular complexity index is 566. The summed E-state index contributed by atoms with van der Waals surface area (Å²) in [6.45, 7) is 0.863. The highest BCUT2D eigenvalue weighted by Gasteiger charge is 2.28. The topological polar surface area (TPSA) is 106 Å². The molecule has 0 aromatic heterocycles. The molecule has 0 atom stereocenters. The van der Waals surface area contributed by atoms with Crippen molar-refractivity contribution in [1.82, 2.24) is 4.31 Å². The van der Waals surface area contributed by atoms with Crippen molar-refractivity contribution in [3.8, 4) is 0 Å². The molecule has 1 saturated heterocycles. The normalized spacial score (nSPS) is 17.4. The molecule has 0 radical (unpaired) electrons. The molecule has 112 valence electrons. The summed E-state index contributed by atoms with van der Waals surface area (Å²) in [6.07, 6.45) is 1.33. The first-order valence-corrected chi connectivity index (χ1v) is 7.51. The van der Waals surface area contributed by atoms with Crippen LogP contribution in [-0.2, 0) is 10.0 Å². The van der Waals surface area contributed by atoms with Gasteiger partial charge in [0.05, 0.1) is 4.90 Å². The van der Waals surface area contributed by atoms with Crippen molar-refractivity contribution < 1.29 is 13.2 Å². The highest BCUT2D eigenvalue weighted by Crippen LogP contribution is 2.20. The number of amides is 1. The Balaban J connectivity index is 0.00000200. The van der Waals surface area contributed by atoms with E-state index in [0.29, 0.717) is 31.5 Å². The lowest BCUT2D eigenvalue weighted by molar-refractivity contribution is 0.1000. The van der Waals surface area contributed by atoms with Crippen LogP contribution >= 0.6 is 12.4 Å². The molecule has 1 aliphatic rings. The van der Waals surface area contributed by atoms with Crippen LogP contribution in [0.1, 0.15) is 23.2 Å². The molecule has 6 nitrogen and oxygen atoms in total. The van der Waals surface area contributed by atoms with Gasteiger partial charge in [0.25, 0.3) is 0 Å². The summed E-state index contributed by atoms with van der Waals surface area (Å²) < 4.78 is 26.1. The number of hydrogen-bond acceptors (Lipinski definition) is 4. The number of carbonyl (C=O) groups is 1. The van der Waals surface area contributed by atoms with Gasteiger partial charge >= 0.3 is 0 Å². The smallest absolute Gasteiger partial charge is 0.248 e. The SMILES string of the molecule is Cl.NC(=O)c1ccc(S(=O)(=O)N2CCC(N)CC2)cc1. The van der Waals surface area contributed by atoms with Gasteiger partial charge in [0.1, 0.15) is 0 Å². The fraction of sp³-hybridized carbons (Fsp3) is 0.417. The van der Waals surface area contributed by atoms with E-state index in [4.69, 9.17) is 11.5 Å². The molecule has 8 heteroatoms. The van der Waals surface area contributed by atoms with Gasteiger partial charge in [-0.15, -0.1) is 12.4 Å². The van der Waals surface area contributed by atoms with Crippen LogP contribution in [0.2, 0.25) is 0 Å². The standard InChI is InChI=1S/C12H17N3O3S.ClH/c13-10-5-7-15(8-6-10)19(17,18)11-3-1-9(2-4-11)12(14)16;/h1-4,10H,5-8,13H2,(H2,14,16);1H. The molecule has 0 aliphatic carbocycles. The summed E-state index contributed by atoms with van der Waals surface area (Å²) in [7, 11) is -3.50. The number of nitrogens with zero attached hydrogens (tertiary/aromatic N) is 1. The van der Waals surface area contributed by atoms with Crippen molar-refractivity contribution in [1.29, 1.82) is 0 Å². The minimum atomic E-state index is -3.50. The third kappa shape index (κ3) is 3.49. The first kappa shape index (κ1) is 16.9. The lowest BCUT2D eigenvalue weighted by Gasteiger charge is -2.29. The molecule has 0 unspecified atom stereocenters. The van der Waals surface area contributed by atoms with Crippen molar-refractivity contribution in [2.75, 3.05) is 13.1 Å². The molecule has 0 saturated carbocycles. The second-order valence-electron chi connectivity index (χ2n) is 4.63. The minimum absolute atomic E-state index is 0. The lowest BCUT2D eigenvalue weighted by Crippen LogP contribution is -2.42.